The van der Waals surface area contributed by atoms with E-state index in [1.807, 2.05) is 10.9 Å². The first-order chi connectivity index (χ1) is 11.0. The number of likely N-dealkylation sites (tertiary alicyclic amines) is 1. The molecule has 2 aromatic rings. The van der Waals surface area contributed by atoms with Crippen molar-refractivity contribution in [1.82, 2.24) is 19.9 Å². The number of rotatable bonds is 5. The van der Waals surface area contributed by atoms with E-state index in [2.05, 4.69) is 60.2 Å². The van der Waals surface area contributed by atoms with Gasteiger partial charge in [-0.25, -0.2) is 4.68 Å². The van der Waals surface area contributed by atoms with Crippen LogP contribution in [0.5, 0.6) is 0 Å². The molecule has 0 radical (unpaired) electrons. The highest BCUT2D eigenvalue weighted by Crippen LogP contribution is 2.30. The van der Waals surface area contributed by atoms with Gasteiger partial charge in [0.25, 0.3) is 0 Å². The summed E-state index contributed by atoms with van der Waals surface area (Å²) < 4.78 is 1.81. The molecule has 23 heavy (non-hydrogen) atoms. The summed E-state index contributed by atoms with van der Waals surface area (Å²) in [6.07, 6.45) is 3.61. The Morgan fingerprint density at radius 1 is 1.26 bits per heavy atom. The van der Waals surface area contributed by atoms with E-state index in [0.717, 1.165) is 25.9 Å². The first kappa shape index (κ1) is 16.1. The lowest BCUT2D eigenvalue weighted by molar-refractivity contribution is 0.0418. The van der Waals surface area contributed by atoms with Crippen molar-refractivity contribution in [3.8, 4) is 0 Å². The zero-order valence-electron chi connectivity index (χ0n) is 14.2. The summed E-state index contributed by atoms with van der Waals surface area (Å²) in [5, 5.41) is 19.2. The molecule has 0 saturated carbocycles. The Morgan fingerprint density at radius 2 is 2.00 bits per heavy atom. The van der Waals surface area contributed by atoms with E-state index in [-0.39, 0.29) is 6.04 Å². The van der Waals surface area contributed by atoms with Crippen LogP contribution in [0.1, 0.15) is 43.1 Å². The monoisotopic (exact) mass is 314 g/mol. The van der Waals surface area contributed by atoms with E-state index in [1.54, 1.807) is 0 Å². The van der Waals surface area contributed by atoms with E-state index in [0.29, 0.717) is 12.2 Å². The number of benzene rings is 1. The molecule has 5 nitrogen and oxygen atoms in total. The molecule has 0 spiro atoms. The zero-order chi connectivity index (χ0) is 16.4. The van der Waals surface area contributed by atoms with Gasteiger partial charge in [0, 0.05) is 25.7 Å². The first-order valence-electron chi connectivity index (χ1n) is 8.39. The third kappa shape index (κ3) is 3.62. The number of β-amino-alcohol motifs (C(OH)–C–C–N with tert-alkyl or cyclic N) is 1. The number of aromatic nitrogens is 3. The smallest absolute Gasteiger partial charge is 0.124 e. The van der Waals surface area contributed by atoms with Crippen molar-refractivity contribution >= 4 is 0 Å². The van der Waals surface area contributed by atoms with Gasteiger partial charge >= 0.3 is 0 Å². The molecule has 1 aromatic carbocycles. The van der Waals surface area contributed by atoms with Crippen LogP contribution in [0.3, 0.4) is 0 Å². The largest absolute Gasteiger partial charge is 0.382 e. The Hall–Kier alpha value is -1.72. The molecule has 5 heteroatoms. The molecule has 1 atom stereocenters. The molecule has 1 N–H and O–H groups in total. The molecule has 124 valence electrons. The quantitative estimate of drug-likeness (QED) is 0.920. The minimum atomic E-state index is -0.861. The van der Waals surface area contributed by atoms with Crippen LogP contribution in [-0.2, 0) is 12.0 Å². The number of aliphatic hydroxyl groups is 1. The molecule has 0 bridgehead atoms. The van der Waals surface area contributed by atoms with E-state index in [4.69, 9.17) is 0 Å². The maximum Gasteiger partial charge on any atom is 0.124 e. The second kappa shape index (κ2) is 6.42. The predicted octanol–water partition coefficient (Wildman–Crippen LogP) is 2.30. The van der Waals surface area contributed by atoms with E-state index >= 15 is 0 Å². The number of nitrogens with zero attached hydrogens (tertiary/aromatic N) is 4. The topological polar surface area (TPSA) is 54.2 Å². The van der Waals surface area contributed by atoms with Crippen molar-refractivity contribution in [1.29, 1.82) is 0 Å². The fraction of sp³-hybridized carbons (Fsp3) is 0.556. The second-order valence-corrected chi connectivity index (χ2v) is 6.97. The Bertz CT molecular complexity index is 649. The van der Waals surface area contributed by atoms with Gasteiger partial charge in [0.05, 0.1) is 6.20 Å². The fourth-order valence-electron chi connectivity index (χ4n) is 3.06. The van der Waals surface area contributed by atoms with Crippen LogP contribution < -0.4 is 0 Å². The summed E-state index contributed by atoms with van der Waals surface area (Å²) in [6, 6.07) is 8.94. The molecule has 2 heterocycles. The number of hydrogen-bond donors (Lipinski definition) is 1. The fourth-order valence-corrected chi connectivity index (χ4v) is 3.06. The average Bonchev–Trinajstić information content (AvgIpc) is 3.15. The number of aryl methyl sites for hydroxylation is 1. The summed E-state index contributed by atoms with van der Waals surface area (Å²) in [4.78, 5) is 2.31. The van der Waals surface area contributed by atoms with Gasteiger partial charge < -0.3 is 5.11 Å². The van der Waals surface area contributed by atoms with Crippen molar-refractivity contribution in [2.24, 2.45) is 0 Å². The van der Waals surface area contributed by atoms with Crippen molar-refractivity contribution in [3.05, 3.63) is 47.3 Å². The third-order valence-electron chi connectivity index (χ3n) is 4.68. The normalized spacial score (nSPS) is 22.1. The van der Waals surface area contributed by atoms with Crippen LogP contribution in [0.2, 0.25) is 0 Å². The molecule has 1 aliphatic heterocycles. The Morgan fingerprint density at radius 3 is 2.65 bits per heavy atom. The van der Waals surface area contributed by atoms with Gasteiger partial charge in [0.15, 0.2) is 0 Å². The highest BCUT2D eigenvalue weighted by Gasteiger charge is 2.39. The average molecular weight is 314 g/mol. The van der Waals surface area contributed by atoms with Gasteiger partial charge in [0.2, 0.25) is 0 Å². The molecule has 0 amide bonds. The predicted molar refractivity (Wildman–Crippen MR) is 90.2 cm³/mol. The van der Waals surface area contributed by atoms with Crippen molar-refractivity contribution in [2.75, 3.05) is 19.6 Å². The molecular formula is C18H26N4O. The molecule has 1 fully saturated rings. The lowest BCUT2D eigenvalue weighted by Gasteiger charge is -2.21. The van der Waals surface area contributed by atoms with Gasteiger partial charge in [-0.2, -0.15) is 0 Å². The molecule has 0 aliphatic carbocycles. The minimum Gasteiger partial charge on any atom is -0.382 e. The maximum absolute atomic E-state index is 10.9. The van der Waals surface area contributed by atoms with Crippen LogP contribution in [-0.4, -0.2) is 44.6 Å². The molecule has 3 rings (SSSR count). The van der Waals surface area contributed by atoms with Gasteiger partial charge in [-0.05, 0) is 39.2 Å². The van der Waals surface area contributed by atoms with Crippen LogP contribution >= 0.6 is 0 Å². The Kier molecular flexibility index (Phi) is 4.50. The Balaban J connectivity index is 1.59. The second-order valence-electron chi connectivity index (χ2n) is 6.97. The van der Waals surface area contributed by atoms with E-state index in [1.165, 1.54) is 11.1 Å². The lowest BCUT2D eigenvalue weighted by atomic mass is 10.00. The summed E-state index contributed by atoms with van der Waals surface area (Å²) in [7, 11) is 0. The van der Waals surface area contributed by atoms with Gasteiger partial charge in [0.1, 0.15) is 11.3 Å². The SMILES string of the molecule is Cc1ccc(CCN2CC[C@](O)(c3cn(C(C)C)nn3)C2)cc1. The highest BCUT2D eigenvalue weighted by atomic mass is 16.3. The van der Waals surface area contributed by atoms with Gasteiger partial charge in [-0.1, -0.05) is 35.0 Å². The van der Waals surface area contributed by atoms with Crippen LogP contribution in [0.25, 0.3) is 0 Å². The van der Waals surface area contributed by atoms with Crippen LogP contribution in [0.4, 0.5) is 0 Å². The lowest BCUT2D eigenvalue weighted by Crippen LogP contribution is -2.32. The minimum absolute atomic E-state index is 0.263. The zero-order valence-corrected chi connectivity index (χ0v) is 14.2. The van der Waals surface area contributed by atoms with E-state index < -0.39 is 5.60 Å². The van der Waals surface area contributed by atoms with Crippen LogP contribution in [0, 0.1) is 6.92 Å². The van der Waals surface area contributed by atoms with Gasteiger partial charge in [-0.3, -0.25) is 4.90 Å². The molecule has 1 aliphatic rings. The van der Waals surface area contributed by atoms with Gasteiger partial charge in [-0.15, -0.1) is 5.10 Å². The highest BCUT2D eigenvalue weighted by molar-refractivity contribution is 5.21. The standard InChI is InChI=1S/C18H26N4O/c1-14(2)22-12-17(19-20-22)18(23)9-11-21(13-18)10-8-16-6-4-15(3)5-7-16/h4-7,12,14,23H,8-11,13H2,1-3H3/t18-/m1/s1. The summed E-state index contributed by atoms with van der Waals surface area (Å²) in [6.45, 7) is 8.72. The summed E-state index contributed by atoms with van der Waals surface area (Å²) in [5.74, 6) is 0. The van der Waals surface area contributed by atoms with E-state index in [9.17, 15) is 5.11 Å². The molecule has 1 aromatic heterocycles. The van der Waals surface area contributed by atoms with Crippen molar-refractivity contribution < 1.29 is 5.11 Å². The summed E-state index contributed by atoms with van der Waals surface area (Å²) in [5.41, 5.74) is 2.47. The van der Waals surface area contributed by atoms with Crippen molar-refractivity contribution in [2.45, 2.75) is 45.3 Å². The number of hydrogen-bond acceptors (Lipinski definition) is 4. The van der Waals surface area contributed by atoms with Crippen molar-refractivity contribution in [3.63, 3.8) is 0 Å². The molecular weight excluding hydrogens is 288 g/mol. The third-order valence-corrected chi connectivity index (χ3v) is 4.68. The molecule has 0 unspecified atom stereocenters. The van der Waals surface area contributed by atoms with Crippen LogP contribution in [0.15, 0.2) is 30.5 Å². The Labute approximate surface area is 137 Å². The maximum atomic E-state index is 10.9. The molecule has 1 saturated heterocycles. The first-order valence-corrected chi connectivity index (χ1v) is 8.39. The summed E-state index contributed by atoms with van der Waals surface area (Å²) >= 11 is 0.